The van der Waals surface area contributed by atoms with Crippen molar-refractivity contribution in [1.82, 2.24) is 19.7 Å². The van der Waals surface area contributed by atoms with Crippen molar-refractivity contribution >= 4 is 6.08 Å². The Morgan fingerprint density at radius 1 is 1.20 bits per heavy atom. The van der Waals surface area contributed by atoms with Gasteiger partial charge in [0.1, 0.15) is 12.2 Å². The lowest BCUT2D eigenvalue weighted by Crippen LogP contribution is -2.28. The van der Waals surface area contributed by atoms with Gasteiger partial charge < -0.3 is 4.57 Å². The fourth-order valence-electron chi connectivity index (χ4n) is 2.67. The van der Waals surface area contributed by atoms with Crippen LogP contribution in [0.1, 0.15) is 18.3 Å². The highest BCUT2D eigenvalue weighted by atomic mass is 15.3. The van der Waals surface area contributed by atoms with Crippen LogP contribution in [0.2, 0.25) is 0 Å². The first kappa shape index (κ1) is 13.1. The molecule has 0 bridgehead atoms. The van der Waals surface area contributed by atoms with Gasteiger partial charge in [-0.2, -0.15) is 0 Å². The zero-order chi connectivity index (χ0) is 13.8. The topological polar surface area (TPSA) is 34.0 Å². The first-order valence-corrected chi connectivity index (χ1v) is 7.12. The first-order valence-electron chi connectivity index (χ1n) is 7.12. The molecule has 0 N–H and O–H groups in total. The molecule has 4 nitrogen and oxygen atoms in total. The van der Waals surface area contributed by atoms with E-state index in [1.807, 2.05) is 6.33 Å². The van der Waals surface area contributed by atoms with Crippen molar-refractivity contribution in [3.8, 4) is 0 Å². The third-order valence-electron chi connectivity index (χ3n) is 3.69. The maximum absolute atomic E-state index is 4.17. The molecule has 1 aromatic heterocycles. The fourth-order valence-corrected chi connectivity index (χ4v) is 2.67. The first-order chi connectivity index (χ1) is 9.81. The molecular weight excluding hydrogens is 248 g/mol. The predicted molar refractivity (Wildman–Crippen MR) is 80.3 cm³/mol. The summed E-state index contributed by atoms with van der Waals surface area (Å²) in [4.78, 5) is 2.49. The van der Waals surface area contributed by atoms with Crippen LogP contribution >= 0.6 is 0 Å². The molecular formula is C16H20N4. The molecule has 4 heteroatoms. The monoisotopic (exact) mass is 268 g/mol. The van der Waals surface area contributed by atoms with Gasteiger partial charge in [-0.05, 0) is 12.5 Å². The number of rotatable bonds is 3. The largest absolute Gasteiger partial charge is 0.316 e. The molecule has 20 heavy (non-hydrogen) atoms. The summed E-state index contributed by atoms with van der Waals surface area (Å²) in [6, 6.07) is 10.5. The Balaban J connectivity index is 1.61. The van der Waals surface area contributed by atoms with Gasteiger partial charge in [0.2, 0.25) is 0 Å². The van der Waals surface area contributed by atoms with Crippen LogP contribution < -0.4 is 0 Å². The van der Waals surface area contributed by atoms with Gasteiger partial charge >= 0.3 is 0 Å². The minimum absolute atomic E-state index is 0.985. The lowest BCUT2D eigenvalue weighted by atomic mass is 10.1. The second-order valence-corrected chi connectivity index (χ2v) is 5.37. The molecule has 0 fully saturated rings. The van der Waals surface area contributed by atoms with E-state index >= 15 is 0 Å². The van der Waals surface area contributed by atoms with Gasteiger partial charge in [-0.15, -0.1) is 10.2 Å². The van der Waals surface area contributed by atoms with E-state index in [-0.39, 0.29) is 0 Å². The van der Waals surface area contributed by atoms with E-state index in [9.17, 15) is 0 Å². The number of hydrogen-bond donors (Lipinski definition) is 0. The number of fused-ring (bicyclic) bond motifs is 1. The van der Waals surface area contributed by atoms with Crippen LogP contribution in [-0.4, -0.2) is 39.3 Å². The minimum Gasteiger partial charge on any atom is -0.316 e. The zero-order valence-electron chi connectivity index (χ0n) is 11.9. The molecule has 0 amide bonds. The van der Waals surface area contributed by atoms with Gasteiger partial charge in [0.25, 0.3) is 0 Å². The van der Waals surface area contributed by atoms with Gasteiger partial charge in [-0.1, -0.05) is 42.0 Å². The van der Waals surface area contributed by atoms with Crippen LogP contribution in [0.5, 0.6) is 0 Å². The van der Waals surface area contributed by atoms with Crippen LogP contribution in [0.15, 0.2) is 42.2 Å². The second kappa shape index (κ2) is 6.01. The maximum atomic E-state index is 4.17. The van der Waals surface area contributed by atoms with Crippen molar-refractivity contribution in [1.29, 1.82) is 0 Å². The Morgan fingerprint density at radius 2 is 2.05 bits per heavy atom. The maximum Gasteiger partial charge on any atom is 0.134 e. The van der Waals surface area contributed by atoms with Crippen LogP contribution in [0.25, 0.3) is 6.08 Å². The molecule has 0 aliphatic carbocycles. The Morgan fingerprint density at radius 3 is 2.90 bits per heavy atom. The number of hydrogen-bond acceptors (Lipinski definition) is 3. The summed E-state index contributed by atoms with van der Waals surface area (Å²) in [5.41, 5.74) is 2.67. The molecule has 2 aromatic rings. The average Bonchev–Trinajstić information content (AvgIpc) is 2.82. The lowest BCUT2D eigenvalue weighted by Gasteiger charge is -2.19. The van der Waals surface area contributed by atoms with Crippen LogP contribution in [-0.2, 0) is 13.0 Å². The summed E-state index contributed by atoms with van der Waals surface area (Å²) >= 11 is 0. The zero-order valence-corrected chi connectivity index (χ0v) is 11.9. The van der Waals surface area contributed by atoms with Crippen molar-refractivity contribution in [2.45, 2.75) is 19.9 Å². The van der Waals surface area contributed by atoms with E-state index in [0.717, 1.165) is 38.4 Å². The van der Waals surface area contributed by atoms with E-state index in [1.54, 1.807) is 0 Å². The third kappa shape index (κ3) is 3.14. The Hall–Kier alpha value is -1.94. The molecule has 0 radical (unpaired) electrons. The minimum atomic E-state index is 0.985. The summed E-state index contributed by atoms with van der Waals surface area (Å²) in [6.45, 7) is 6.33. The second-order valence-electron chi connectivity index (χ2n) is 5.37. The number of benzene rings is 1. The van der Waals surface area contributed by atoms with Crippen LogP contribution in [0.3, 0.4) is 0 Å². The van der Waals surface area contributed by atoms with Crippen LogP contribution in [0, 0.1) is 0 Å². The van der Waals surface area contributed by atoms with Crippen molar-refractivity contribution in [2.75, 3.05) is 19.6 Å². The quantitative estimate of drug-likeness (QED) is 0.856. The van der Waals surface area contributed by atoms with E-state index < -0.39 is 0 Å². The highest BCUT2D eigenvalue weighted by molar-refractivity contribution is 5.52. The number of nitrogens with zero attached hydrogens (tertiary/aromatic N) is 4. The van der Waals surface area contributed by atoms with E-state index in [1.165, 1.54) is 11.1 Å². The molecule has 1 aromatic carbocycles. The Bertz CT molecular complexity index is 563. The van der Waals surface area contributed by atoms with Gasteiger partial charge in [0.05, 0.1) is 0 Å². The molecule has 1 aliphatic rings. The lowest BCUT2D eigenvalue weighted by molar-refractivity contribution is 0.303. The Kier molecular flexibility index (Phi) is 3.92. The van der Waals surface area contributed by atoms with Gasteiger partial charge in [0.15, 0.2) is 0 Å². The summed E-state index contributed by atoms with van der Waals surface area (Å²) in [5.74, 6) is 1.11. The molecule has 0 unspecified atom stereocenters. The van der Waals surface area contributed by atoms with Crippen molar-refractivity contribution in [3.05, 3.63) is 53.6 Å². The highest BCUT2D eigenvalue weighted by Crippen LogP contribution is 2.10. The van der Waals surface area contributed by atoms with Gasteiger partial charge in [-0.3, -0.25) is 4.90 Å². The third-order valence-corrected chi connectivity index (χ3v) is 3.69. The number of aromatic nitrogens is 3. The van der Waals surface area contributed by atoms with Gasteiger partial charge in [-0.25, -0.2) is 0 Å². The summed E-state index contributed by atoms with van der Waals surface area (Å²) < 4.78 is 2.16. The van der Waals surface area contributed by atoms with Crippen molar-refractivity contribution < 1.29 is 0 Å². The average molecular weight is 268 g/mol. The van der Waals surface area contributed by atoms with Crippen molar-refractivity contribution in [2.24, 2.45) is 0 Å². The molecule has 0 saturated heterocycles. The predicted octanol–water partition coefficient (Wildman–Crippen LogP) is 2.24. The molecule has 0 atom stereocenters. The van der Waals surface area contributed by atoms with Gasteiger partial charge in [0, 0.05) is 32.6 Å². The Labute approximate surface area is 119 Å². The van der Waals surface area contributed by atoms with E-state index in [2.05, 4.69) is 63.0 Å². The van der Waals surface area contributed by atoms with E-state index in [0.29, 0.717) is 0 Å². The van der Waals surface area contributed by atoms with Crippen LogP contribution in [0.4, 0.5) is 0 Å². The summed E-state index contributed by atoms with van der Waals surface area (Å²) in [7, 11) is 0. The molecule has 0 saturated carbocycles. The summed E-state index contributed by atoms with van der Waals surface area (Å²) in [5, 5.41) is 8.14. The smallest absolute Gasteiger partial charge is 0.134 e. The molecule has 1 aliphatic heterocycles. The van der Waals surface area contributed by atoms with E-state index in [4.69, 9.17) is 0 Å². The SMILES string of the molecule is CC(=Cc1ccccc1)CN1CCc2nncn2CC1. The normalized spacial score (nSPS) is 16.8. The van der Waals surface area contributed by atoms with Crippen molar-refractivity contribution in [3.63, 3.8) is 0 Å². The molecule has 2 heterocycles. The molecule has 0 spiro atoms. The highest BCUT2D eigenvalue weighted by Gasteiger charge is 2.14. The molecule has 104 valence electrons. The molecule has 3 rings (SSSR count). The summed E-state index contributed by atoms with van der Waals surface area (Å²) in [6.07, 6.45) is 5.09. The standard InChI is InChI=1S/C16H20N4/c1-14(11-15-5-3-2-4-6-15)12-19-8-7-16-18-17-13-20(16)10-9-19/h2-6,11,13H,7-10,12H2,1H3. The fraction of sp³-hybridized carbons (Fsp3) is 0.375.